The number of hydrogen-bond acceptors (Lipinski definition) is 3. The van der Waals surface area contributed by atoms with E-state index in [2.05, 4.69) is 10.6 Å². The smallest absolute Gasteiger partial charge is 0.321 e. The summed E-state index contributed by atoms with van der Waals surface area (Å²) in [5, 5.41) is 5.54. The van der Waals surface area contributed by atoms with Gasteiger partial charge in [-0.15, -0.1) is 0 Å². The van der Waals surface area contributed by atoms with Gasteiger partial charge in [-0.25, -0.2) is 9.18 Å². The summed E-state index contributed by atoms with van der Waals surface area (Å²) in [6.45, 7) is 6.67. The lowest BCUT2D eigenvalue weighted by Crippen LogP contribution is -2.44. The second-order valence-corrected chi connectivity index (χ2v) is 6.52. The maximum atomic E-state index is 13.8. The van der Waals surface area contributed by atoms with Gasteiger partial charge in [0.05, 0.1) is 5.69 Å². The van der Waals surface area contributed by atoms with E-state index < -0.39 is 5.82 Å². The van der Waals surface area contributed by atoms with Crippen molar-refractivity contribution in [3.63, 3.8) is 0 Å². The average Bonchev–Trinajstić information content (AvgIpc) is 2.64. The molecule has 1 saturated heterocycles. The number of piperidine rings is 1. The van der Waals surface area contributed by atoms with Gasteiger partial charge in [0.1, 0.15) is 5.82 Å². The van der Waals surface area contributed by atoms with Crippen LogP contribution in [0, 0.1) is 18.7 Å². The Labute approximate surface area is 154 Å². The van der Waals surface area contributed by atoms with Gasteiger partial charge in [0.2, 0.25) is 5.91 Å². The maximum absolute atomic E-state index is 13.8. The van der Waals surface area contributed by atoms with Crippen LogP contribution in [0.25, 0.3) is 0 Å². The van der Waals surface area contributed by atoms with Crippen LogP contribution < -0.4 is 10.6 Å². The Morgan fingerprint density at radius 2 is 2.04 bits per heavy atom. The number of halogens is 1. The molecule has 7 heteroatoms. The molecule has 2 rings (SSSR count). The van der Waals surface area contributed by atoms with Crippen molar-refractivity contribution in [3.05, 3.63) is 29.6 Å². The Bertz CT molecular complexity index is 616. The monoisotopic (exact) mass is 365 g/mol. The van der Waals surface area contributed by atoms with Crippen molar-refractivity contribution in [2.45, 2.75) is 33.1 Å². The zero-order valence-corrected chi connectivity index (χ0v) is 15.5. The summed E-state index contributed by atoms with van der Waals surface area (Å²) in [6.07, 6.45) is 2.02. The zero-order valence-electron chi connectivity index (χ0n) is 15.5. The molecule has 0 atom stereocenters. The molecule has 0 unspecified atom stereocenters. The van der Waals surface area contributed by atoms with E-state index >= 15 is 0 Å². The van der Waals surface area contributed by atoms with Crippen molar-refractivity contribution in [3.8, 4) is 0 Å². The van der Waals surface area contributed by atoms with Gasteiger partial charge in [-0.2, -0.15) is 0 Å². The third-order valence-electron chi connectivity index (χ3n) is 4.49. The highest BCUT2D eigenvalue weighted by atomic mass is 19.1. The lowest BCUT2D eigenvalue weighted by molar-refractivity contribution is -0.126. The molecule has 1 aromatic carbocycles. The number of benzene rings is 1. The van der Waals surface area contributed by atoms with Gasteiger partial charge in [-0.1, -0.05) is 6.07 Å². The molecule has 6 nitrogen and oxygen atoms in total. The molecule has 0 spiro atoms. The number of nitrogens with zero attached hydrogens (tertiary/aromatic N) is 1. The highest BCUT2D eigenvalue weighted by molar-refractivity contribution is 5.89. The van der Waals surface area contributed by atoms with Crippen molar-refractivity contribution < 1.29 is 18.7 Å². The van der Waals surface area contributed by atoms with Gasteiger partial charge in [0, 0.05) is 38.8 Å². The number of likely N-dealkylation sites (tertiary alicyclic amines) is 1. The van der Waals surface area contributed by atoms with E-state index in [-0.39, 0.29) is 23.5 Å². The third-order valence-corrected chi connectivity index (χ3v) is 4.49. The second kappa shape index (κ2) is 10.1. The first-order chi connectivity index (χ1) is 12.5. The van der Waals surface area contributed by atoms with Gasteiger partial charge in [-0.3, -0.25) is 4.79 Å². The number of aryl methyl sites for hydroxylation is 1. The predicted octanol–water partition coefficient (Wildman–Crippen LogP) is 2.92. The SMILES string of the molecule is CCOCCCNC(=O)C1CCN(C(=O)Nc2cc(C)ccc2F)CC1. The van der Waals surface area contributed by atoms with Crippen molar-refractivity contribution in [2.75, 3.05) is 38.2 Å². The Hall–Kier alpha value is -2.15. The largest absolute Gasteiger partial charge is 0.382 e. The highest BCUT2D eigenvalue weighted by Crippen LogP contribution is 2.20. The number of amides is 3. The van der Waals surface area contributed by atoms with Crippen molar-refractivity contribution in [1.82, 2.24) is 10.2 Å². The summed E-state index contributed by atoms with van der Waals surface area (Å²) < 4.78 is 19.0. The van der Waals surface area contributed by atoms with E-state index in [0.717, 1.165) is 12.0 Å². The minimum absolute atomic E-state index is 0.0336. The number of urea groups is 1. The Balaban J connectivity index is 1.74. The van der Waals surface area contributed by atoms with E-state index in [1.807, 2.05) is 13.8 Å². The molecule has 1 aliphatic rings. The lowest BCUT2D eigenvalue weighted by Gasteiger charge is -2.31. The first kappa shape index (κ1) is 20.2. The van der Waals surface area contributed by atoms with Crippen LogP contribution in [0.3, 0.4) is 0 Å². The van der Waals surface area contributed by atoms with Gasteiger partial charge in [-0.05, 0) is 50.8 Å². The van der Waals surface area contributed by atoms with Crippen LogP contribution in [-0.2, 0) is 9.53 Å². The van der Waals surface area contributed by atoms with E-state index in [0.29, 0.717) is 45.7 Å². The Morgan fingerprint density at radius 1 is 1.31 bits per heavy atom. The molecule has 144 valence electrons. The molecule has 0 aromatic heterocycles. The molecule has 0 saturated carbocycles. The molecular formula is C19H28FN3O3. The summed E-state index contributed by atoms with van der Waals surface area (Å²) in [6, 6.07) is 4.27. The van der Waals surface area contributed by atoms with Crippen LogP contribution in [0.15, 0.2) is 18.2 Å². The van der Waals surface area contributed by atoms with E-state index in [1.165, 1.54) is 6.07 Å². The van der Waals surface area contributed by atoms with E-state index in [1.54, 1.807) is 17.0 Å². The summed E-state index contributed by atoms with van der Waals surface area (Å²) >= 11 is 0. The minimum atomic E-state index is -0.453. The molecule has 1 heterocycles. The summed E-state index contributed by atoms with van der Waals surface area (Å²) in [4.78, 5) is 26.1. The molecule has 1 fully saturated rings. The van der Waals surface area contributed by atoms with Crippen molar-refractivity contribution in [2.24, 2.45) is 5.92 Å². The molecule has 0 radical (unpaired) electrons. The molecule has 1 aromatic rings. The van der Waals surface area contributed by atoms with Crippen LogP contribution in [-0.4, -0.2) is 49.7 Å². The quantitative estimate of drug-likeness (QED) is 0.730. The third kappa shape index (κ3) is 5.98. The van der Waals surface area contributed by atoms with E-state index in [9.17, 15) is 14.0 Å². The highest BCUT2D eigenvalue weighted by Gasteiger charge is 2.27. The molecule has 0 bridgehead atoms. The Kier molecular flexibility index (Phi) is 7.84. The van der Waals surface area contributed by atoms with Crippen LogP contribution in [0.1, 0.15) is 31.7 Å². The van der Waals surface area contributed by atoms with Crippen LogP contribution >= 0.6 is 0 Å². The van der Waals surface area contributed by atoms with Gasteiger partial charge in [0.15, 0.2) is 0 Å². The first-order valence-corrected chi connectivity index (χ1v) is 9.18. The lowest BCUT2D eigenvalue weighted by atomic mass is 9.96. The topological polar surface area (TPSA) is 70.7 Å². The molecule has 26 heavy (non-hydrogen) atoms. The summed E-state index contributed by atoms with van der Waals surface area (Å²) in [5.74, 6) is -0.501. The summed E-state index contributed by atoms with van der Waals surface area (Å²) in [7, 11) is 0. The fourth-order valence-corrected chi connectivity index (χ4v) is 2.95. The van der Waals surface area contributed by atoms with Crippen molar-refractivity contribution in [1.29, 1.82) is 0 Å². The fraction of sp³-hybridized carbons (Fsp3) is 0.579. The van der Waals surface area contributed by atoms with Crippen LogP contribution in [0.2, 0.25) is 0 Å². The number of anilines is 1. The van der Waals surface area contributed by atoms with E-state index in [4.69, 9.17) is 4.74 Å². The van der Waals surface area contributed by atoms with Crippen molar-refractivity contribution >= 4 is 17.6 Å². The molecule has 2 N–H and O–H groups in total. The summed E-state index contributed by atoms with van der Waals surface area (Å²) in [5.41, 5.74) is 1.06. The second-order valence-electron chi connectivity index (χ2n) is 6.52. The van der Waals surface area contributed by atoms with Gasteiger partial charge < -0.3 is 20.3 Å². The molecule has 1 aliphatic heterocycles. The van der Waals surface area contributed by atoms with Crippen LogP contribution in [0.5, 0.6) is 0 Å². The molecule has 0 aliphatic carbocycles. The predicted molar refractivity (Wildman–Crippen MR) is 98.6 cm³/mol. The number of hydrogen-bond donors (Lipinski definition) is 2. The standard InChI is InChI=1S/C19H28FN3O3/c1-3-26-12-4-9-21-18(24)15-7-10-23(11-8-15)19(25)22-17-13-14(2)5-6-16(17)20/h5-6,13,15H,3-4,7-12H2,1-2H3,(H,21,24)(H,22,25). The maximum Gasteiger partial charge on any atom is 0.321 e. The van der Waals surface area contributed by atoms with Crippen LogP contribution in [0.4, 0.5) is 14.9 Å². The number of carbonyl (C=O) groups is 2. The normalized spacial score (nSPS) is 15.0. The van der Waals surface area contributed by atoms with Gasteiger partial charge in [0.25, 0.3) is 0 Å². The average molecular weight is 365 g/mol. The Morgan fingerprint density at radius 3 is 2.73 bits per heavy atom. The number of ether oxygens (including phenoxy) is 1. The zero-order chi connectivity index (χ0) is 18.9. The number of carbonyl (C=O) groups excluding carboxylic acids is 2. The molecule has 3 amide bonds. The minimum Gasteiger partial charge on any atom is -0.382 e. The molecular weight excluding hydrogens is 337 g/mol. The fourth-order valence-electron chi connectivity index (χ4n) is 2.95. The number of rotatable bonds is 7. The van der Waals surface area contributed by atoms with Gasteiger partial charge >= 0.3 is 6.03 Å². The number of nitrogens with one attached hydrogen (secondary N) is 2. The first-order valence-electron chi connectivity index (χ1n) is 9.18.